The second-order valence-corrected chi connectivity index (χ2v) is 5.86. The van der Waals surface area contributed by atoms with E-state index in [1.165, 1.54) is 0 Å². The molecule has 0 aromatic heterocycles. The topological polar surface area (TPSA) is 38.7 Å². The van der Waals surface area contributed by atoms with Crippen LogP contribution in [0.1, 0.15) is 44.9 Å². The molecule has 1 N–H and O–H groups in total. The molecule has 3 nitrogen and oxygen atoms in total. The zero-order valence-electron chi connectivity index (χ0n) is 11.6. The standard InChI is InChI=1S/C15H22O3/c1-11(16)12-5-7-13(8-6-12)15(14(2,3)4)17-9-10-18-15/h5-8,11,16H,9-10H2,1-4H3. The Kier molecular flexibility index (Phi) is 3.49. The maximum Gasteiger partial charge on any atom is 0.199 e. The minimum atomic E-state index is -0.676. The molecule has 100 valence electrons. The Labute approximate surface area is 109 Å². The van der Waals surface area contributed by atoms with Gasteiger partial charge in [0, 0.05) is 11.0 Å². The highest BCUT2D eigenvalue weighted by Crippen LogP contribution is 2.46. The molecule has 1 saturated heterocycles. The summed E-state index contributed by atoms with van der Waals surface area (Å²) in [5, 5.41) is 9.54. The normalized spacial score (nSPS) is 20.9. The minimum absolute atomic E-state index is 0.143. The number of ether oxygens (including phenoxy) is 2. The Morgan fingerprint density at radius 1 is 1.11 bits per heavy atom. The number of hydrogen-bond acceptors (Lipinski definition) is 3. The molecule has 1 unspecified atom stereocenters. The van der Waals surface area contributed by atoms with Gasteiger partial charge in [-0.25, -0.2) is 0 Å². The van der Waals surface area contributed by atoms with E-state index < -0.39 is 11.9 Å². The van der Waals surface area contributed by atoms with Gasteiger partial charge in [0.05, 0.1) is 19.3 Å². The summed E-state index contributed by atoms with van der Waals surface area (Å²) < 4.78 is 11.8. The fraction of sp³-hybridized carbons (Fsp3) is 0.600. The van der Waals surface area contributed by atoms with Crippen LogP contribution in [-0.4, -0.2) is 18.3 Å². The van der Waals surface area contributed by atoms with Gasteiger partial charge in [0.25, 0.3) is 0 Å². The van der Waals surface area contributed by atoms with Crippen LogP contribution in [0.15, 0.2) is 24.3 Å². The zero-order valence-corrected chi connectivity index (χ0v) is 11.6. The molecule has 0 bridgehead atoms. The maximum absolute atomic E-state index is 9.54. The first kappa shape index (κ1) is 13.5. The monoisotopic (exact) mass is 250 g/mol. The van der Waals surface area contributed by atoms with Gasteiger partial charge in [0.15, 0.2) is 5.79 Å². The fourth-order valence-electron chi connectivity index (χ4n) is 2.43. The highest BCUT2D eigenvalue weighted by atomic mass is 16.7. The van der Waals surface area contributed by atoms with E-state index in [4.69, 9.17) is 9.47 Å². The van der Waals surface area contributed by atoms with Gasteiger partial charge in [-0.05, 0) is 12.5 Å². The third-order valence-corrected chi connectivity index (χ3v) is 3.45. The van der Waals surface area contributed by atoms with Gasteiger partial charge in [0.1, 0.15) is 0 Å². The quantitative estimate of drug-likeness (QED) is 0.877. The first-order valence-corrected chi connectivity index (χ1v) is 6.43. The lowest BCUT2D eigenvalue weighted by atomic mass is 9.80. The predicted octanol–water partition coefficient (Wildman–Crippen LogP) is 2.99. The zero-order chi connectivity index (χ0) is 13.4. The predicted molar refractivity (Wildman–Crippen MR) is 70.1 cm³/mol. The Bertz CT molecular complexity index is 395. The Hall–Kier alpha value is -0.900. The molecule has 0 saturated carbocycles. The smallest absolute Gasteiger partial charge is 0.199 e. The van der Waals surface area contributed by atoms with Crippen molar-refractivity contribution in [3.8, 4) is 0 Å². The van der Waals surface area contributed by atoms with Crippen LogP contribution in [-0.2, 0) is 15.3 Å². The van der Waals surface area contributed by atoms with Gasteiger partial charge in [-0.15, -0.1) is 0 Å². The second-order valence-electron chi connectivity index (χ2n) is 5.86. The lowest BCUT2D eigenvalue weighted by molar-refractivity contribution is -0.232. The molecule has 1 fully saturated rings. The molecule has 3 heteroatoms. The van der Waals surface area contributed by atoms with E-state index in [-0.39, 0.29) is 5.41 Å². The molecule has 18 heavy (non-hydrogen) atoms. The maximum atomic E-state index is 9.54. The van der Waals surface area contributed by atoms with E-state index in [0.29, 0.717) is 13.2 Å². The molecule has 1 aliphatic heterocycles. The molecule has 1 atom stereocenters. The van der Waals surface area contributed by atoms with Gasteiger partial charge in [0.2, 0.25) is 0 Å². The van der Waals surface area contributed by atoms with Crippen LogP contribution in [0.5, 0.6) is 0 Å². The van der Waals surface area contributed by atoms with Gasteiger partial charge in [-0.2, -0.15) is 0 Å². The van der Waals surface area contributed by atoms with Crippen molar-refractivity contribution in [3.05, 3.63) is 35.4 Å². The first-order chi connectivity index (χ1) is 8.37. The molecular weight excluding hydrogens is 228 g/mol. The molecule has 1 heterocycles. The van der Waals surface area contributed by atoms with Crippen LogP contribution in [0, 0.1) is 5.41 Å². The lowest BCUT2D eigenvalue weighted by Gasteiger charge is -2.40. The van der Waals surface area contributed by atoms with Crippen LogP contribution in [0.4, 0.5) is 0 Å². The summed E-state index contributed by atoms with van der Waals surface area (Å²) in [4.78, 5) is 0. The van der Waals surface area contributed by atoms with E-state index in [1.54, 1.807) is 6.92 Å². The summed E-state index contributed by atoms with van der Waals surface area (Å²) in [7, 11) is 0. The van der Waals surface area contributed by atoms with Crippen molar-refractivity contribution in [2.75, 3.05) is 13.2 Å². The fourth-order valence-corrected chi connectivity index (χ4v) is 2.43. The molecule has 1 aromatic carbocycles. The SMILES string of the molecule is CC(O)c1ccc(C2(C(C)(C)C)OCCO2)cc1. The van der Waals surface area contributed by atoms with Crippen molar-refractivity contribution >= 4 is 0 Å². The summed E-state index contributed by atoms with van der Waals surface area (Å²) in [6.07, 6.45) is -0.449. The highest BCUT2D eigenvalue weighted by Gasteiger charge is 2.48. The molecule has 1 aromatic rings. The highest BCUT2D eigenvalue weighted by molar-refractivity contribution is 5.28. The van der Waals surface area contributed by atoms with E-state index >= 15 is 0 Å². The summed E-state index contributed by atoms with van der Waals surface area (Å²) in [6.45, 7) is 9.34. The molecule has 0 radical (unpaired) electrons. The van der Waals surface area contributed by atoms with Crippen LogP contribution in [0.25, 0.3) is 0 Å². The number of rotatable bonds is 2. The van der Waals surface area contributed by atoms with Crippen molar-refractivity contribution in [1.82, 2.24) is 0 Å². The van der Waals surface area contributed by atoms with Crippen LogP contribution in [0.2, 0.25) is 0 Å². The summed E-state index contributed by atoms with van der Waals surface area (Å²) in [6, 6.07) is 7.83. The Morgan fingerprint density at radius 3 is 2.00 bits per heavy atom. The van der Waals surface area contributed by atoms with Crippen LogP contribution < -0.4 is 0 Å². The summed E-state index contributed by atoms with van der Waals surface area (Å²) in [5.41, 5.74) is 1.77. The van der Waals surface area contributed by atoms with Gasteiger partial charge >= 0.3 is 0 Å². The third-order valence-electron chi connectivity index (χ3n) is 3.45. The van der Waals surface area contributed by atoms with Crippen LogP contribution in [0.3, 0.4) is 0 Å². The molecular formula is C15H22O3. The van der Waals surface area contributed by atoms with Crippen molar-refractivity contribution in [2.24, 2.45) is 5.41 Å². The van der Waals surface area contributed by atoms with Crippen molar-refractivity contribution in [3.63, 3.8) is 0 Å². The van der Waals surface area contributed by atoms with Crippen molar-refractivity contribution < 1.29 is 14.6 Å². The summed E-state index contributed by atoms with van der Waals surface area (Å²) >= 11 is 0. The van der Waals surface area contributed by atoms with Gasteiger partial charge in [-0.1, -0.05) is 45.0 Å². The molecule has 0 amide bonds. The second kappa shape index (κ2) is 4.65. The molecule has 0 aliphatic carbocycles. The van der Waals surface area contributed by atoms with Crippen LogP contribution >= 0.6 is 0 Å². The Balaban J connectivity index is 2.38. The largest absolute Gasteiger partial charge is 0.389 e. The van der Waals surface area contributed by atoms with Gasteiger partial charge in [-0.3, -0.25) is 0 Å². The molecule has 1 aliphatic rings. The average Bonchev–Trinajstić information content (AvgIpc) is 2.78. The van der Waals surface area contributed by atoms with E-state index in [2.05, 4.69) is 20.8 Å². The minimum Gasteiger partial charge on any atom is -0.389 e. The van der Waals surface area contributed by atoms with E-state index in [1.807, 2.05) is 24.3 Å². The van der Waals surface area contributed by atoms with E-state index in [9.17, 15) is 5.11 Å². The third kappa shape index (κ3) is 2.18. The molecule has 0 spiro atoms. The Morgan fingerprint density at radius 2 is 1.61 bits per heavy atom. The summed E-state index contributed by atoms with van der Waals surface area (Å²) in [5.74, 6) is -0.676. The van der Waals surface area contributed by atoms with Crippen molar-refractivity contribution in [2.45, 2.75) is 39.6 Å². The first-order valence-electron chi connectivity index (χ1n) is 6.43. The average molecular weight is 250 g/mol. The number of aliphatic hydroxyl groups excluding tert-OH is 1. The van der Waals surface area contributed by atoms with E-state index in [0.717, 1.165) is 11.1 Å². The lowest BCUT2D eigenvalue weighted by Crippen LogP contribution is -2.41. The molecule has 2 rings (SSSR count). The number of hydrogen-bond donors (Lipinski definition) is 1. The number of aliphatic hydroxyl groups is 1. The van der Waals surface area contributed by atoms with Gasteiger partial charge < -0.3 is 14.6 Å². The number of benzene rings is 1. The van der Waals surface area contributed by atoms with Crippen molar-refractivity contribution in [1.29, 1.82) is 0 Å².